The molecule has 0 saturated heterocycles. The molecule has 0 saturated carbocycles. The van der Waals surface area contributed by atoms with E-state index < -0.39 is 0 Å². The summed E-state index contributed by atoms with van der Waals surface area (Å²) >= 11 is 0. The fourth-order valence-corrected chi connectivity index (χ4v) is 2.62. The zero-order valence-corrected chi connectivity index (χ0v) is 11.1. The Bertz CT molecular complexity index is 708. The van der Waals surface area contributed by atoms with E-state index in [9.17, 15) is 0 Å². The van der Waals surface area contributed by atoms with Crippen LogP contribution >= 0.6 is 0 Å². The van der Waals surface area contributed by atoms with Crippen LogP contribution in [0.2, 0.25) is 0 Å². The Morgan fingerprint density at radius 3 is 2.67 bits per heavy atom. The first-order valence-electron chi connectivity index (χ1n) is 6.49. The van der Waals surface area contributed by atoms with E-state index in [1.54, 1.807) is 0 Å². The van der Waals surface area contributed by atoms with Gasteiger partial charge in [0.25, 0.3) is 0 Å². The highest BCUT2D eigenvalue weighted by molar-refractivity contribution is 6.07. The minimum atomic E-state index is 0.637. The summed E-state index contributed by atoms with van der Waals surface area (Å²) in [6.07, 6.45) is 3.86. The van der Waals surface area contributed by atoms with E-state index in [0.29, 0.717) is 5.92 Å². The number of hydrogen-bond acceptors (Lipinski definition) is 1. The molecule has 18 heavy (non-hydrogen) atoms. The number of rotatable bonds is 2. The molecule has 0 spiro atoms. The predicted octanol–water partition coefficient (Wildman–Crippen LogP) is 4.15. The van der Waals surface area contributed by atoms with Crippen molar-refractivity contribution in [2.45, 2.75) is 27.3 Å². The second-order valence-corrected chi connectivity index (χ2v) is 5.42. The summed E-state index contributed by atoms with van der Waals surface area (Å²) in [4.78, 5) is 4.27. The monoisotopic (exact) mass is 238 g/mol. The molecule has 0 aliphatic carbocycles. The molecule has 3 aromatic rings. The summed E-state index contributed by atoms with van der Waals surface area (Å²) in [6, 6.07) is 8.79. The lowest BCUT2D eigenvalue weighted by Crippen LogP contribution is -2.03. The van der Waals surface area contributed by atoms with E-state index in [-0.39, 0.29) is 0 Å². The number of benzene rings is 1. The van der Waals surface area contributed by atoms with Crippen molar-refractivity contribution in [3.63, 3.8) is 0 Å². The summed E-state index contributed by atoms with van der Waals surface area (Å²) < 4.78 is 2.41. The van der Waals surface area contributed by atoms with Crippen LogP contribution in [0, 0.1) is 12.8 Å². The molecule has 2 heteroatoms. The minimum absolute atomic E-state index is 0.637. The van der Waals surface area contributed by atoms with Gasteiger partial charge in [0.05, 0.1) is 5.52 Å². The number of hydrogen-bond donors (Lipinski definition) is 0. The fraction of sp³-hybridized carbons (Fsp3) is 0.312. The third-order valence-electron chi connectivity index (χ3n) is 3.37. The van der Waals surface area contributed by atoms with Gasteiger partial charge in [-0.15, -0.1) is 0 Å². The Kier molecular flexibility index (Phi) is 2.58. The molecule has 0 atom stereocenters. The summed E-state index contributed by atoms with van der Waals surface area (Å²) in [5.41, 5.74) is 3.91. The van der Waals surface area contributed by atoms with Gasteiger partial charge in [0, 0.05) is 35.2 Å². The van der Waals surface area contributed by atoms with Crippen molar-refractivity contribution in [1.29, 1.82) is 0 Å². The Morgan fingerprint density at radius 1 is 1.11 bits per heavy atom. The first-order chi connectivity index (χ1) is 8.66. The van der Waals surface area contributed by atoms with E-state index in [1.807, 2.05) is 12.4 Å². The topological polar surface area (TPSA) is 17.8 Å². The van der Waals surface area contributed by atoms with Crippen LogP contribution in [0.3, 0.4) is 0 Å². The van der Waals surface area contributed by atoms with Crippen LogP contribution < -0.4 is 0 Å². The molecule has 0 amide bonds. The van der Waals surface area contributed by atoms with E-state index in [4.69, 9.17) is 0 Å². The molecule has 0 aliphatic rings. The van der Waals surface area contributed by atoms with Crippen molar-refractivity contribution in [3.8, 4) is 0 Å². The van der Waals surface area contributed by atoms with Crippen molar-refractivity contribution in [1.82, 2.24) is 9.55 Å². The molecule has 0 bridgehead atoms. The third-order valence-corrected chi connectivity index (χ3v) is 3.37. The maximum atomic E-state index is 4.27. The van der Waals surface area contributed by atoms with Crippen molar-refractivity contribution < 1.29 is 0 Å². The molecule has 0 unspecified atom stereocenters. The second-order valence-electron chi connectivity index (χ2n) is 5.42. The Labute approximate surface area is 107 Å². The van der Waals surface area contributed by atoms with Crippen molar-refractivity contribution in [2.75, 3.05) is 0 Å². The molecule has 2 aromatic heterocycles. The van der Waals surface area contributed by atoms with Crippen molar-refractivity contribution >= 4 is 21.8 Å². The maximum Gasteiger partial charge on any atom is 0.0522 e. The number of aryl methyl sites for hydroxylation is 1. The smallest absolute Gasteiger partial charge is 0.0522 e. The largest absolute Gasteiger partial charge is 0.340 e. The highest BCUT2D eigenvalue weighted by atomic mass is 15.0. The lowest BCUT2D eigenvalue weighted by atomic mass is 10.1. The summed E-state index contributed by atoms with van der Waals surface area (Å²) in [6.45, 7) is 7.70. The molecular weight excluding hydrogens is 220 g/mol. The number of aromatic nitrogens is 2. The zero-order valence-electron chi connectivity index (χ0n) is 11.1. The van der Waals surface area contributed by atoms with Gasteiger partial charge in [0.15, 0.2) is 0 Å². The van der Waals surface area contributed by atoms with Gasteiger partial charge in [-0.1, -0.05) is 25.5 Å². The summed E-state index contributed by atoms with van der Waals surface area (Å²) in [7, 11) is 0. The number of pyridine rings is 1. The molecule has 1 aromatic carbocycles. The highest BCUT2D eigenvalue weighted by Crippen LogP contribution is 2.29. The summed E-state index contributed by atoms with van der Waals surface area (Å²) in [5.74, 6) is 0.637. The van der Waals surface area contributed by atoms with Crippen LogP contribution in [0.5, 0.6) is 0 Å². The predicted molar refractivity (Wildman–Crippen MR) is 76.8 cm³/mol. The maximum absolute atomic E-state index is 4.27. The zero-order chi connectivity index (χ0) is 12.7. The lowest BCUT2D eigenvalue weighted by molar-refractivity contribution is 0.545. The molecule has 2 nitrogen and oxygen atoms in total. The van der Waals surface area contributed by atoms with Gasteiger partial charge >= 0.3 is 0 Å². The Morgan fingerprint density at radius 2 is 1.89 bits per heavy atom. The van der Waals surface area contributed by atoms with Gasteiger partial charge in [0.2, 0.25) is 0 Å². The van der Waals surface area contributed by atoms with Crippen LogP contribution in [0.25, 0.3) is 21.8 Å². The van der Waals surface area contributed by atoms with Crippen molar-refractivity contribution in [2.24, 2.45) is 5.92 Å². The molecule has 0 fully saturated rings. The molecule has 92 valence electrons. The first-order valence-corrected chi connectivity index (χ1v) is 6.49. The lowest BCUT2D eigenvalue weighted by Gasteiger charge is -2.10. The van der Waals surface area contributed by atoms with Crippen molar-refractivity contribution in [3.05, 3.63) is 42.2 Å². The van der Waals surface area contributed by atoms with Crippen LogP contribution in [-0.4, -0.2) is 9.55 Å². The van der Waals surface area contributed by atoms with Gasteiger partial charge in [-0.05, 0) is 31.0 Å². The number of nitrogens with zero attached hydrogens (tertiary/aromatic N) is 2. The second kappa shape index (κ2) is 4.13. The van der Waals surface area contributed by atoms with Crippen LogP contribution in [-0.2, 0) is 6.54 Å². The van der Waals surface area contributed by atoms with Crippen LogP contribution in [0.4, 0.5) is 0 Å². The Hall–Kier alpha value is -1.83. The van der Waals surface area contributed by atoms with Gasteiger partial charge < -0.3 is 4.57 Å². The first kappa shape index (κ1) is 11.3. The normalized spacial score (nSPS) is 11.8. The molecule has 0 aliphatic heterocycles. The quantitative estimate of drug-likeness (QED) is 0.655. The van der Waals surface area contributed by atoms with E-state index >= 15 is 0 Å². The van der Waals surface area contributed by atoms with Gasteiger partial charge in [-0.2, -0.15) is 0 Å². The van der Waals surface area contributed by atoms with Crippen LogP contribution in [0.1, 0.15) is 19.4 Å². The average molecular weight is 238 g/mol. The third kappa shape index (κ3) is 1.69. The molecule has 0 radical (unpaired) electrons. The molecule has 2 heterocycles. The van der Waals surface area contributed by atoms with E-state index in [1.165, 1.54) is 27.4 Å². The summed E-state index contributed by atoms with van der Waals surface area (Å²) in [5, 5.41) is 2.58. The van der Waals surface area contributed by atoms with Gasteiger partial charge in [0.1, 0.15) is 0 Å². The fourth-order valence-electron chi connectivity index (χ4n) is 2.62. The SMILES string of the molecule is Cc1ccc2c(c1)c1cnccc1n2CC(C)C. The van der Waals surface area contributed by atoms with Gasteiger partial charge in [-0.3, -0.25) is 4.98 Å². The number of fused-ring (bicyclic) bond motifs is 3. The molecule has 0 N–H and O–H groups in total. The van der Waals surface area contributed by atoms with Crippen LogP contribution in [0.15, 0.2) is 36.7 Å². The van der Waals surface area contributed by atoms with E-state index in [2.05, 4.69) is 54.6 Å². The molecular formula is C16H18N2. The molecule has 3 rings (SSSR count). The minimum Gasteiger partial charge on any atom is -0.340 e. The standard InChI is InChI=1S/C16H18N2/c1-11(2)10-18-15-5-4-12(3)8-13(15)14-9-17-7-6-16(14)18/h4-9,11H,10H2,1-3H3. The van der Waals surface area contributed by atoms with E-state index in [0.717, 1.165) is 6.54 Å². The highest BCUT2D eigenvalue weighted by Gasteiger charge is 2.11. The Balaban J connectivity index is 2.42. The average Bonchev–Trinajstić information content (AvgIpc) is 2.64. The van der Waals surface area contributed by atoms with Gasteiger partial charge in [-0.25, -0.2) is 0 Å².